The largest absolute Gasteiger partial charge is 0.493 e. The van der Waals surface area contributed by atoms with Gasteiger partial charge in [-0.1, -0.05) is 23.2 Å². The molecule has 1 aliphatic rings. The third-order valence-electron chi connectivity index (χ3n) is 4.85. The summed E-state index contributed by atoms with van der Waals surface area (Å²) in [6.45, 7) is 2.19. The van der Waals surface area contributed by atoms with E-state index in [4.69, 9.17) is 32.7 Å². The lowest BCUT2D eigenvalue weighted by Gasteiger charge is -2.31. The second kappa shape index (κ2) is 9.03. The van der Waals surface area contributed by atoms with Gasteiger partial charge in [-0.3, -0.25) is 9.69 Å². The summed E-state index contributed by atoms with van der Waals surface area (Å²) >= 11 is 12.1. The van der Waals surface area contributed by atoms with Gasteiger partial charge in [-0.25, -0.2) is 0 Å². The number of rotatable bonds is 6. The first-order valence-corrected chi connectivity index (χ1v) is 9.80. The van der Waals surface area contributed by atoms with Gasteiger partial charge in [0.2, 0.25) is 5.91 Å². The maximum atomic E-state index is 12.8. The van der Waals surface area contributed by atoms with Gasteiger partial charge >= 0.3 is 0 Å². The van der Waals surface area contributed by atoms with E-state index in [1.54, 1.807) is 20.3 Å². The van der Waals surface area contributed by atoms with Crippen LogP contribution >= 0.6 is 23.2 Å². The molecule has 0 atom stereocenters. The van der Waals surface area contributed by atoms with Crippen LogP contribution in [-0.2, 0) is 24.3 Å². The highest BCUT2D eigenvalue weighted by Gasteiger charge is 2.23. The summed E-state index contributed by atoms with van der Waals surface area (Å²) in [5.74, 6) is 1.50. The van der Waals surface area contributed by atoms with Crippen LogP contribution in [0.25, 0.3) is 0 Å². The fourth-order valence-electron chi connectivity index (χ4n) is 3.50. The molecule has 0 unspecified atom stereocenters. The van der Waals surface area contributed by atoms with Crippen LogP contribution in [0.2, 0.25) is 10.0 Å². The fraction of sp³-hybridized carbons (Fsp3) is 0.381. The molecule has 0 aromatic heterocycles. The summed E-state index contributed by atoms with van der Waals surface area (Å²) in [4.78, 5) is 16.6. The molecule has 2 aromatic rings. The molecule has 7 heteroatoms. The molecule has 150 valence electrons. The van der Waals surface area contributed by atoms with E-state index < -0.39 is 0 Å². The number of nitrogens with zero attached hydrogens (tertiary/aromatic N) is 2. The Labute approximate surface area is 175 Å². The molecule has 0 saturated heterocycles. The summed E-state index contributed by atoms with van der Waals surface area (Å²) in [5.41, 5.74) is 3.28. The van der Waals surface area contributed by atoms with Crippen molar-refractivity contribution in [1.29, 1.82) is 0 Å². The van der Waals surface area contributed by atoms with Crippen molar-refractivity contribution in [2.75, 3.05) is 34.4 Å². The van der Waals surface area contributed by atoms with Crippen LogP contribution in [0, 0.1) is 0 Å². The Bertz CT molecular complexity index is 853. The Hall–Kier alpha value is -1.95. The Morgan fingerprint density at radius 2 is 1.64 bits per heavy atom. The molecule has 0 spiro atoms. The molecule has 1 amide bonds. The number of likely N-dealkylation sites (N-methyl/N-ethyl adjacent to an activating group) is 1. The van der Waals surface area contributed by atoms with Gasteiger partial charge in [0.25, 0.3) is 0 Å². The first-order chi connectivity index (χ1) is 13.4. The highest BCUT2D eigenvalue weighted by Crippen LogP contribution is 2.33. The zero-order chi connectivity index (χ0) is 20.3. The first kappa shape index (κ1) is 20.8. The highest BCUT2D eigenvalue weighted by atomic mass is 35.5. The van der Waals surface area contributed by atoms with E-state index in [1.807, 2.05) is 41.1 Å². The number of fused-ring (bicyclic) bond motifs is 1. The lowest BCUT2D eigenvalue weighted by Crippen LogP contribution is -2.41. The summed E-state index contributed by atoms with van der Waals surface area (Å²) in [7, 11) is 5.16. The van der Waals surface area contributed by atoms with Gasteiger partial charge in [-0.15, -0.1) is 0 Å². The van der Waals surface area contributed by atoms with E-state index in [-0.39, 0.29) is 5.91 Å². The van der Waals surface area contributed by atoms with Crippen LogP contribution in [0.3, 0.4) is 0 Å². The molecule has 0 fully saturated rings. The van der Waals surface area contributed by atoms with E-state index in [0.29, 0.717) is 42.0 Å². The first-order valence-electron chi connectivity index (χ1n) is 9.04. The molecule has 0 N–H and O–H groups in total. The van der Waals surface area contributed by atoms with E-state index in [9.17, 15) is 4.79 Å². The van der Waals surface area contributed by atoms with E-state index in [1.165, 1.54) is 5.56 Å². The van der Waals surface area contributed by atoms with E-state index in [0.717, 1.165) is 23.3 Å². The van der Waals surface area contributed by atoms with E-state index >= 15 is 0 Å². The van der Waals surface area contributed by atoms with Crippen molar-refractivity contribution in [1.82, 2.24) is 9.80 Å². The van der Waals surface area contributed by atoms with Crippen molar-refractivity contribution in [3.05, 3.63) is 57.1 Å². The van der Waals surface area contributed by atoms with E-state index in [2.05, 4.69) is 0 Å². The minimum Gasteiger partial charge on any atom is -0.493 e. The molecular weight excluding hydrogens is 399 g/mol. The third kappa shape index (κ3) is 4.90. The van der Waals surface area contributed by atoms with Gasteiger partial charge in [0.05, 0.1) is 20.8 Å². The summed E-state index contributed by atoms with van der Waals surface area (Å²) in [6.07, 6.45) is 0.801. The number of methoxy groups -OCH3 is 2. The lowest BCUT2D eigenvalue weighted by molar-refractivity contribution is -0.133. The summed E-state index contributed by atoms with van der Waals surface area (Å²) in [6, 6.07) is 9.40. The van der Waals surface area contributed by atoms with Crippen molar-refractivity contribution in [2.45, 2.75) is 19.5 Å². The zero-order valence-electron chi connectivity index (χ0n) is 16.3. The maximum Gasteiger partial charge on any atom is 0.237 e. The summed E-state index contributed by atoms with van der Waals surface area (Å²) in [5, 5.41) is 1.19. The third-order valence-corrected chi connectivity index (χ3v) is 5.29. The maximum absolute atomic E-state index is 12.8. The topological polar surface area (TPSA) is 42.0 Å². The van der Waals surface area contributed by atoms with Crippen molar-refractivity contribution in [3.8, 4) is 11.5 Å². The van der Waals surface area contributed by atoms with Crippen LogP contribution in [0.5, 0.6) is 11.5 Å². The molecule has 2 aromatic carbocycles. The van der Waals surface area contributed by atoms with Gasteiger partial charge in [-0.05, 0) is 60.5 Å². The van der Waals surface area contributed by atoms with Crippen LogP contribution in [0.15, 0.2) is 30.3 Å². The van der Waals surface area contributed by atoms with Crippen molar-refractivity contribution in [2.24, 2.45) is 0 Å². The Balaban J connectivity index is 1.64. The number of hydrogen-bond acceptors (Lipinski definition) is 4. The molecular formula is C21H24Cl2N2O3. The predicted octanol–water partition coefficient (Wildman–Crippen LogP) is 4.03. The monoisotopic (exact) mass is 422 g/mol. The molecule has 0 aliphatic carbocycles. The second-order valence-corrected chi connectivity index (χ2v) is 7.86. The van der Waals surface area contributed by atoms with Crippen molar-refractivity contribution < 1.29 is 14.3 Å². The molecule has 1 heterocycles. The number of carbonyl (C=O) groups excluding carboxylic acids is 1. The lowest BCUT2D eigenvalue weighted by atomic mass is 9.98. The molecule has 0 bridgehead atoms. The van der Waals surface area contributed by atoms with Crippen LogP contribution in [0.4, 0.5) is 0 Å². The standard InChI is InChI=1S/C21H24Cl2N2O3/c1-24(11-14-6-17(22)10-18(23)7-14)13-21(26)25-5-4-15-8-19(27-2)20(28-3)9-16(15)12-25/h6-10H,4-5,11-13H2,1-3H3. The molecule has 0 radical (unpaired) electrons. The van der Waals surface area contributed by atoms with Crippen molar-refractivity contribution >= 4 is 29.1 Å². The van der Waals surface area contributed by atoms with Crippen LogP contribution < -0.4 is 9.47 Å². The predicted molar refractivity (Wildman–Crippen MR) is 111 cm³/mol. The fourth-order valence-corrected chi connectivity index (χ4v) is 4.07. The smallest absolute Gasteiger partial charge is 0.237 e. The molecule has 3 rings (SSSR count). The van der Waals surface area contributed by atoms with Gasteiger partial charge < -0.3 is 14.4 Å². The second-order valence-electron chi connectivity index (χ2n) is 6.99. The minimum atomic E-state index is 0.0936. The number of hydrogen-bond donors (Lipinski definition) is 0. The average Bonchev–Trinajstić information content (AvgIpc) is 2.65. The average molecular weight is 423 g/mol. The Kier molecular flexibility index (Phi) is 6.70. The molecule has 0 saturated carbocycles. The minimum absolute atomic E-state index is 0.0936. The number of ether oxygens (including phenoxy) is 2. The number of carbonyl (C=O) groups is 1. The normalized spacial score (nSPS) is 13.4. The SMILES string of the molecule is COc1cc2c(cc1OC)CN(C(=O)CN(C)Cc1cc(Cl)cc(Cl)c1)CC2. The number of benzene rings is 2. The van der Waals surface area contributed by atoms with Gasteiger partial charge in [-0.2, -0.15) is 0 Å². The van der Waals surface area contributed by atoms with Crippen molar-refractivity contribution in [3.63, 3.8) is 0 Å². The zero-order valence-corrected chi connectivity index (χ0v) is 17.8. The van der Waals surface area contributed by atoms with Crippen LogP contribution in [0.1, 0.15) is 16.7 Å². The summed E-state index contributed by atoms with van der Waals surface area (Å²) < 4.78 is 10.8. The molecule has 5 nitrogen and oxygen atoms in total. The Morgan fingerprint density at radius 3 is 2.25 bits per heavy atom. The number of halogens is 2. The number of amides is 1. The molecule has 28 heavy (non-hydrogen) atoms. The highest BCUT2D eigenvalue weighted by molar-refractivity contribution is 6.34. The van der Waals surface area contributed by atoms with Gasteiger partial charge in [0.15, 0.2) is 11.5 Å². The van der Waals surface area contributed by atoms with Gasteiger partial charge in [0.1, 0.15) is 0 Å². The molecule has 1 aliphatic heterocycles. The van der Waals surface area contributed by atoms with Crippen LogP contribution in [-0.4, -0.2) is 50.1 Å². The van der Waals surface area contributed by atoms with Gasteiger partial charge in [0, 0.05) is 29.7 Å². The quantitative estimate of drug-likeness (QED) is 0.704. The Morgan fingerprint density at radius 1 is 1.04 bits per heavy atom.